The van der Waals surface area contributed by atoms with Crippen LogP contribution >= 0.6 is 11.8 Å². The lowest BCUT2D eigenvalue weighted by Gasteiger charge is -2.09. The van der Waals surface area contributed by atoms with Crippen LogP contribution in [0, 0.1) is 12.8 Å². The Morgan fingerprint density at radius 3 is 2.55 bits per heavy atom. The maximum Gasteiger partial charge on any atom is 0.309 e. The molecule has 0 spiro atoms. The number of nitrogens with one attached hydrogen (secondary N) is 1. The zero-order valence-corrected chi connectivity index (χ0v) is 13.0. The van der Waals surface area contributed by atoms with Gasteiger partial charge in [-0.3, -0.25) is 9.59 Å². The van der Waals surface area contributed by atoms with Crippen molar-refractivity contribution in [1.29, 1.82) is 0 Å². The Morgan fingerprint density at radius 1 is 1.30 bits per heavy atom. The molecule has 0 heterocycles. The highest BCUT2D eigenvalue weighted by Crippen LogP contribution is 2.09. The van der Waals surface area contributed by atoms with E-state index >= 15 is 0 Å². The zero-order chi connectivity index (χ0) is 15.0. The number of benzene rings is 1. The first-order valence-corrected chi connectivity index (χ1v) is 7.66. The summed E-state index contributed by atoms with van der Waals surface area (Å²) in [7, 11) is 1.37. The Kier molecular flexibility index (Phi) is 7.15. The Balaban J connectivity index is 2.20. The van der Waals surface area contributed by atoms with E-state index < -0.39 is 0 Å². The van der Waals surface area contributed by atoms with Crippen LogP contribution < -0.4 is 5.32 Å². The zero-order valence-electron chi connectivity index (χ0n) is 12.1. The molecule has 20 heavy (non-hydrogen) atoms. The molecule has 1 aromatic carbocycles. The van der Waals surface area contributed by atoms with Crippen LogP contribution in [0.5, 0.6) is 0 Å². The Hall–Kier alpha value is -1.49. The molecular weight excluding hydrogens is 274 g/mol. The number of methoxy groups -OCH3 is 1. The summed E-state index contributed by atoms with van der Waals surface area (Å²) in [6, 6.07) is 8.05. The van der Waals surface area contributed by atoms with Gasteiger partial charge in [0.05, 0.1) is 18.8 Å². The molecule has 4 nitrogen and oxygen atoms in total. The summed E-state index contributed by atoms with van der Waals surface area (Å²) in [6.07, 6.45) is 0. The van der Waals surface area contributed by atoms with Gasteiger partial charge < -0.3 is 10.1 Å². The van der Waals surface area contributed by atoms with E-state index in [0.29, 0.717) is 18.1 Å². The van der Waals surface area contributed by atoms with Gasteiger partial charge in [0.25, 0.3) is 0 Å². The van der Waals surface area contributed by atoms with Crippen LogP contribution in [0.15, 0.2) is 24.3 Å². The molecular formula is C15H21NO3S. The molecule has 0 saturated heterocycles. The largest absolute Gasteiger partial charge is 0.469 e. The van der Waals surface area contributed by atoms with Crippen molar-refractivity contribution in [2.75, 3.05) is 18.6 Å². The van der Waals surface area contributed by atoms with Crippen molar-refractivity contribution >= 4 is 23.6 Å². The predicted molar refractivity (Wildman–Crippen MR) is 81.5 cm³/mol. The number of esters is 1. The molecule has 5 heteroatoms. The summed E-state index contributed by atoms with van der Waals surface area (Å²) in [5.41, 5.74) is 2.28. The predicted octanol–water partition coefficient (Wildman–Crippen LogP) is 2.15. The maximum atomic E-state index is 11.7. The quantitative estimate of drug-likeness (QED) is 0.783. The smallest absolute Gasteiger partial charge is 0.309 e. The molecule has 0 aromatic heterocycles. The second kappa shape index (κ2) is 8.64. The van der Waals surface area contributed by atoms with Crippen LogP contribution in [0.25, 0.3) is 0 Å². The second-order valence-corrected chi connectivity index (χ2v) is 5.73. The molecule has 1 aromatic rings. The lowest BCUT2D eigenvalue weighted by molar-refractivity contribution is -0.144. The van der Waals surface area contributed by atoms with Crippen molar-refractivity contribution in [3.63, 3.8) is 0 Å². The van der Waals surface area contributed by atoms with Crippen molar-refractivity contribution < 1.29 is 14.3 Å². The molecule has 0 fully saturated rings. The molecule has 0 bridgehead atoms. The molecule has 110 valence electrons. The van der Waals surface area contributed by atoms with Gasteiger partial charge in [0, 0.05) is 12.3 Å². The number of carbonyl (C=O) groups excluding carboxylic acids is 2. The van der Waals surface area contributed by atoms with Gasteiger partial charge in [-0.2, -0.15) is 11.8 Å². The van der Waals surface area contributed by atoms with E-state index in [-0.39, 0.29) is 17.8 Å². The lowest BCUT2D eigenvalue weighted by Crippen LogP contribution is -2.25. The standard InChI is InChI=1S/C15H21NO3S/c1-11-4-6-13(7-5-11)8-16-14(17)10-20-9-12(2)15(18)19-3/h4-7,12H,8-10H2,1-3H3,(H,16,17). The third-order valence-corrected chi connectivity index (χ3v) is 4.02. The van der Waals surface area contributed by atoms with E-state index in [1.54, 1.807) is 6.92 Å². The molecule has 0 radical (unpaired) electrons. The summed E-state index contributed by atoms with van der Waals surface area (Å²) in [4.78, 5) is 22.8. The monoisotopic (exact) mass is 295 g/mol. The molecule has 1 rings (SSSR count). The van der Waals surface area contributed by atoms with E-state index in [9.17, 15) is 9.59 Å². The number of hydrogen-bond acceptors (Lipinski definition) is 4. The van der Waals surface area contributed by atoms with Crippen molar-refractivity contribution in [3.05, 3.63) is 35.4 Å². The van der Waals surface area contributed by atoms with Crippen molar-refractivity contribution in [2.45, 2.75) is 20.4 Å². The number of rotatable bonds is 7. The molecule has 1 amide bonds. The van der Waals surface area contributed by atoms with E-state index in [0.717, 1.165) is 5.56 Å². The molecule has 0 aliphatic heterocycles. The summed E-state index contributed by atoms with van der Waals surface area (Å²) in [6.45, 7) is 4.36. The van der Waals surface area contributed by atoms with Crippen LogP contribution in [0.2, 0.25) is 0 Å². The van der Waals surface area contributed by atoms with E-state index in [1.165, 1.54) is 24.4 Å². The maximum absolute atomic E-state index is 11.7. The molecule has 0 aliphatic carbocycles. The number of hydrogen-bond donors (Lipinski definition) is 1. The molecule has 1 N–H and O–H groups in total. The van der Waals surface area contributed by atoms with Gasteiger partial charge in [0.1, 0.15) is 0 Å². The minimum Gasteiger partial charge on any atom is -0.469 e. The Bertz CT molecular complexity index is 445. The van der Waals surface area contributed by atoms with Gasteiger partial charge in [-0.25, -0.2) is 0 Å². The first kappa shape index (κ1) is 16.6. The van der Waals surface area contributed by atoms with Crippen molar-refractivity contribution in [2.24, 2.45) is 5.92 Å². The van der Waals surface area contributed by atoms with Crippen LogP contribution in [-0.4, -0.2) is 30.5 Å². The lowest BCUT2D eigenvalue weighted by atomic mass is 10.1. The average molecular weight is 295 g/mol. The topological polar surface area (TPSA) is 55.4 Å². The number of aryl methyl sites for hydroxylation is 1. The van der Waals surface area contributed by atoms with Crippen LogP contribution in [0.3, 0.4) is 0 Å². The van der Waals surface area contributed by atoms with Gasteiger partial charge in [-0.1, -0.05) is 36.8 Å². The fourth-order valence-corrected chi connectivity index (χ4v) is 2.45. The van der Waals surface area contributed by atoms with Gasteiger partial charge in [0.15, 0.2) is 0 Å². The summed E-state index contributed by atoms with van der Waals surface area (Å²) < 4.78 is 4.63. The molecule has 0 aliphatic rings. The van der Waals surface area contributed by atoms with E-state index in [1.807, 2.05) is 31.2 Å². The molecule has 1 unspecified atom stereocenters. The van der Waals surface area contributed by atoms with Crippen LogP contribution in [-0.2, 0) is 20.9 Å². The number of carbonyl (C=O) groups is 2. The highest BCUT2D eigenvalue weighted by Gasteiger charge is 2.13. The van der Waals surface area contributed by atoms with Gasteiger partial charge in [-0.15, -0.1) is 0 Å². The molecule has 1 atom stereocenters. The van der Waals surface area contributed by atoms with E-state index in [2.05, 4.69) is 10.1 Å². The second-order valence-electron chi connectivity index (χ2n) is 4.70. The number of amides is 1. The third kappa shape index (κ3) is 6.10. The van der Waals surface area contributed by atoms with Gasteiger partial charge in [0.2, 0.25) is 5.91 Å². The first-order valence-electron chi connectivity index (χ1n) is 6.50. The summed E-state index contributed by atoms with van der Waals surface area (Å²) in [5.74, 6) is 0.498. The van der Waals surface area contributed by atoms with Crippen LogP contribution in [0.1, 0.15) is 18.1 Å². The Morgan fingerprint density at radius 2 is 1.95 bits per heavy atom. The summed E-state index contributed by atoms with van der Waals surface area (Å²) >= 11 is 1.44. The number of ether oxygens (including phenoxy) is 1. The van der Waals surface area contributed by atoms with Crippen molar-refractivity contribution in [3.8, 4) is 0 Å². The van der Waals surface area contributed by atoms with Crippen molar-refractivity contribution in [1.82, 2.24) is 5.32 Å². The highest BCUT2D eigenvalue weighted by molar-refractivity contribution is 7.99. The first-order chi connectivity index (χ1) is 9.52. The van der Waals surface area contributed by atoms with E-state index in [4.69, 9.17) is 0 Å². The fraction of sp³-hybridized carbons (Fsp3) is 0.467. The highest BCUT2D eigenvalue weighted by atomic mass is 32.2. The molecule has 0 saturated carbocycles. The normalized spacial score (nSPS) is 11.8. The fourth-order valence-electron chi connectivity index (χ4n) is 1.56. The average Bonchev–Trinajstić information content (AvgIpc) is 2.45. The minimum absolute atomic E-state index is 0.0207. The van der Waals surface area contributed by atoms with Gasteiger partial charge in [-0.05, 0) is 12.5 Å². The Labute approximate surface area is 124 Å². The SMILES string of the molecule is COC(=O)C(C)CSCC(=O)NCc1ccc(C)cc1. The van der Waals surface area contributed by atoms with Gasteiger partial charge >= 0.3 is 5.97 Å². The number of thioether (sulfide) groups is 1. The third-order valence-electron chi connectivity index (χ3n) is 2.81. The van der Waals surface area contributed by atoms with Crippen LogP contribution in [0.4, 0.5) is 0 Å². The summed E-state index contributed by atoms with van der Waals surface area (Å²) in [5, 5.41) is 2.86. The minimum atomic E-state index is -0.238.